The van der Waals surface area contributed by atoms with Gasteiger partial charge in [-0.25, -0.2) is 4.98 Å². The molecule has 0 radical (unpaired) electrons. The van der Waals surface area contributed by atoms with Gasteiger partial charge < -0.3 is 5.11 Å². The Labute approximate surface area is 153 Å². The largest absolute Gasteiger partial charge is 0.396 e. The van der Waals surface area contributed by atoms with Crippen LogP contribution in [0.3, 0.4) is 0 Å². The molecule has 0 bridgehead atoms. The summed E-state index contributed by atoms with van der Waals surface area (Å²) < 4.78 is 0. The maximum absolute atomic E-state index is 10.2. The maximum Gasteiger partial charge on any atom is 0.107 e. The van der Waals surface area contributed by atoms with Crippen LogP contribution in [0, 0.1) is 11.3 Å². The average Bonchev–Trinajstić information content (AvgIpc) is 3.36. The number of aromatic nitrogens is 1. The van der Waals surface area contributed by atoms with Gasteiger partial charge in [-0.15, -0.1) is 11.3 Å². The van der Waals surface area contributed by atoms with Crippen LogP contribution in [0.25, 0.3) is 0 Å². The number of rotatable bonds is 4. The lowest BCUT2D eigenvalue weighted by atomic mass is 9.82. The number of thiazole rings is 1. The predicted octanol–water partition coefficient (Wildman–Crippen LogP) is 2.04. The van der Waals surface area contributed by atoms with Gasteiger partial charge in [0.05, 0.1) is 13.2 Å². The molecule has 1 aromatic carbocycles. The van der Waals surface area contributed by atoms with Gasteiger partial charge in [0, 0.05) is 49.2 Å². The molecule has 3 heterocycles. The Morgan fingerprint density at radius 3 is 2.60 bits per heavy atom. The van der Waals surface area contributed by atoms with E-state index in [9.17, 15) is 5.11 Å². The van der Waals surface area contributed by atoms with Gasteiger partial charge in [0.15, 0.2) is 0 Å². The molecule has 1 N–H and O–H groups in total. The van der Waals surface area contributed by atoms with Crippen LogP contribution in [0.15, 0.2) is 35.8 Å². The van der Waals surface area contributed by atoms with Gasteiger partial charge in [-0.3, -0.25) is 9.80 Å². The van der Waals surface area contributed by atoms with E-state index in [-0.39, 0.29) is 5.41 Å². The summed E-state index contributed by atoms with van der Waals surface area (Å²) in [4.78, 5) is 9.60. The SMILES string of the molecule is OCC12CN(Cc3nccs3)CC1CN(C1Cc3ccccc3C1)C2. The van der Waals surface area contributed by atoms with Crippen molar-refractivity contribution in [2.45, 2.75) is 25.4 Å². The molecular formula is C20H25N3OS. The first-order valence-corrected chi connectivity index (χ1v) is 10.2. The molecule has 2 aliphatic heterocycles. The van der Waals surface area contributed by atoms with E-state index in [4.69, 9.17) is 0 Å². The van der Waals surface area contributed by atoms with E-state index in [0.717, 1.165) is 32.7 Å². The highest BCUT2D eigenvalue weighted by molar-refractivity contribution is 7.09. The second-order valence-corrected chi connectivity index (χ2v) is 9.05. The fourth-order valence-electron chi connectivity index (χ4n) is 5.27. The highest BCUT2D eigenvalue weighted by Crippen LogP contribution is 2.44. The average molecular weight is 356 g/mol. The first kappa shape index (κ1) is 15.9. The molecule has 5 heteroatoms. The molecule has 2 atom stereocenters. The van der Waals surface area contributed by atoms with E-state index in [0.29, 0.717) is 18.6 Å². The quantitative estimate of drug-likeness (QED) is 0.911. The molecule has 2 aromatic rings. The molecule has 0 amide bonds. The number of aliphatic hydroxyl groups is 1. The normalized spacial score (nSPS) is 30.0. The van der Waals surface area contributed by atoms with Crippen molar-refractivity contribution in [3.8, 4) is 0 Å². The summed E-state index contributed by atoms with van der Waals surface area (Å²) in [6, 6.07) is 9.50. The first-order chi connectivity index (χ1) is 12.3. The molecule has 1 aromatic heterocycles. The molecule has 1 aliphatic carbocycles. The number of hydrogen-bond donors (Lipinski definition) is 1. The van der Waals surface area contributed by atoms with Crippen molar-refractivity contribution >= 4 is 11.3 Å². The minimum Gasteiger partial charge on any atom is -0.396 e. The minimum absolute atomic E-state index is 0.0615. The molecule has 4 nitrogen and oxygen atoms in total. The molecule has 132 valence electrons. The molecular weight excluding hydrogens is 330 g/mol. The van der Waals surface area contributed by atoms with Crippen molar-refractivity contribution in [2.75, 3.05) is 32.8 Å². The zero-order valence-corrected chi connectivity index (χ0v) is 15.3. The molecule has 5 rings (SSSR count). The maximum atomic E-state index is 10.2. The topological polar surface area (TPSA) is 39.6 Å². The third kappa shape index (κ3) is 2.74. The van der Waals surface area contributed by atoms with Crippen molar-refractivity contribution in [1.82, 2.24) is 14.8 Å². The molecule has 2 unspecified atom stereocenters. The predicted molar refractivity (Wildman–Crippen MR) is 99.6 cm³/mol. The standard InChI is InChI=1S/C20H25N3OS/c24-14-20-12-22(11-19-21-5-6-25-19)9-17(20)10-23(13-20)18-7-15-3-1-2-4-16(15)8-18/h1-6,17-18,24H,7-14H2. The Hall–Kier alpha value is -1.27. The van der Waals surface area contributed by atoms with Crippen molar-refractivity contribution < 1.29 is 5.11 Å². The molecule has 25 heavy (non-hydrogen) atoms. The Morgan fingerprint density at radius 2 is 1.96 bits per heavy atom. The summed E-state index contributed by atoms with van der Waals surface area (Å²) in [5.74, 6) is 0.584. The van der Waals surface area contributed by atoms with Crippen LogP contribution in [-0.2, 0) is 19.4 Å². The Kier molecular flexibility index (Phi) is 3.93. The van der Waals surface area contributed by atoms with Gasteiger partial charge in [0.1, 0.15) is 5.01 Å². The summed E-state index contributed by atoms with van der Waals surface area (Å²) in [5, 5.41) is 13.5. The van der Waals surface area contributed by atoms with Crippen molar-refractivity contribution in [1.29, 1.82) is 0 Å². The molecule has 2 saturated heterocycles. The van der Waals surface area contributed by atoms with Crippen LogP contribution < -0.4 is 0 Å². The lowest BCUT2D eigenvalue weighted by Crippen LogP contribution is -2.40. The van der Waals surface area contributed by atoms with E-state index in [1.54, 1.807) is 11.3 Å². The fourth-order valence-corrected chi connectivity index (χ4v) is 5.93. The summed E-state index contributed by atoms with van der Waals surface area (Å²) in [7, 11) is 0. The minimum atomic E-state index is 0.0615. The third-order valence-electron chi connectivity index (χ3n) is 6.56. The fraction of sp³-hybridized carbons (Fsp3) is 0.550. The Morgan fingerprint density at radius 1 is 1.16 bits per heavy atom. The van der Waals surface area contributed by atoms with Gasteiger partial charge in [0.25, 0.3) is 0 Å². The number of nitrogens with zero attached hydrogens (tertiary/aromatic N) is 3. The van der Waals surface area contributed by atoms with E-state index >= 15 is 0 Å². The number of hydrogen-bond acceptors (Lipinski definition) is 5. The second kappa shape index (κ2) is 6.16. The van der Waals surface area contributed by atoms with Gasteiger partial charge in [-0.1, -0.05) is 24.3 Å². The number of aliphatic hydroxyl groups excluding tert-OH is 1. The monoisotopic (exact) mass is 355 g/mol. The number of benzene rings is 1. The van der Waals surface area contributed by atoms with E-state index in [1.807, 2.05) is 11.6 Å². The Bertz CT molecular complexity index is 724. The summed E-state index contributed by atoms with van der Waals surface area (Å²) >= 11 is 1.73. The molecule has 0 saturated carbocycles. The van der Waals surface area contributed by atoms with Crippen LogP contribution in [0.5, 0.6) is 0 Å². The van der Waals surface area contributed by atoms with Crippen molar-refractivity contribution in [3.05, 3.63) is 52.0 Å². The highest BCUT2D eigenvalue weighted by atomic mass is 32.1. The van der Waals surface area contributed by atoms with Gasteiger partial charge >= 0.3 is 0 Å². The van der Waals surface area contributed by atoms with Gasteiger partial charge in [-0.05, 0) is 29.9 Å². The zero-order valence-electron chi connectivity index (χ0n) is 14.5. The lowest BCUT2D eigenvalue weighted by molar-refractivity contribution is 0.104. The summed E-state index contributed by atoms with van der Waals surface area (Å²) in [6.07, 6.45) is 4.23. The first-order valence-electron chi connectivity index (χ1n) is 9.28. The smallest absolute Gasteiger partial charge is 0.107 e. The summed E-state index contributed by atoms with van der Waals surface area (Å²) in [6.45, 7) is 5.52. The van der Waals surface area contributed by atoms with Crippen LogP contribution in [0.1, 0.15) is 16.1 Å². The van der Waals surface area contributed by atoms with E-state index < -0.39 is 0 Å². The van der Waals surface area contributed by atoms with Crippen LogP contribution in [0.4, 0.5) is 0 Å². The second-order valence-electron chi connectivity index (χ2n) is 8.07. The van der Waals surface area contributed by atoms with Crippen LogP contribution >= 0.6 is 11.3 Å². The third-order valence-corrected chi connectivity index (χ3v) is 7.32. The lowest BCUT2D eigenvalue weighted by Gasteiger charge is -2.30. The molecule has 0 spiro atoms. The van der Waals surface area contributed by atoms with E-state index in [2.05, 4.69) is 39.0 Å². The van der Waals surface area contributed by atoms with Gasteiger partial charge in [0.2, 0.25) is 0 Å². The van der Waals surface area contributed by atoms with Gasteiger partial charge in [-0.2, -0.15) is 0 Å². The highest BCUT2D eigenvalue weighted by Gasteiger charge is 2.53. The van der Waals surface area contributed by atoms with E-state index in [1.165, 1.54) is 29.0 Å². The zero-order chi connectivity index (χ0) is 16.9. The Balaban J connectivity index is 1.27. The van der Waals surface area contributed by atoms with Crippen LogP contribution in [-0.4, -0.2) is 58.7 Å². The van der Waals surface area contributed by atoms with Crippen molar-refractivity contribution in [3.63, 3.8) is 0 Å². The van der Waals surface area contributed by atoms with Crippen LogP contribution in [0.2, 0.25) is 0 Å². The molecule has 2 fully saturated rings. The number of fused-ring (bicyclic) bond motifs is 2. The number of likely N-dealkylation sites (tertiary alicyclic amines) is 2. The molecule has 3 aliphatic rings. The summed E-state index contributed by atoms with van der Waals surface area (Å²) in [5.41, 5.74) is 3.10. The van der Waals surface area contributed by atoms with Crippen molar-refractivity contribution in [2.24, 2.45) is 11.3 Å².